The van der Waals surface area contributed by atoms with E-state index in [0.29, 0.717) is 0 Å². The second-order valence-corrected chi connectivity index (χ2v) is 6.76. The topological polar surface area (TPSA) is 30.3 Å². The number of aromatic nitrogens is 2. The van der Waals surface area contributed by atoms with E-state index in [9.17, 15) is 0 Å². The molecule has 4 heteroatoms. The Balaban J connectivity index is 1.34. The molecule has 2 aromatic carbocycles. The molecular weight excluding hydrogens is 310 g/mol. The summed E-state index contributed by atoms with van der Waals surface area (Å²) in [5, 5.41) is 6.94. The predicted molar refractivity (Wildman–Crippen MR) is 101 cm³/mol. The fourth-order valence-corrected chi connectivity index (χ4v) is 3.71. The van der Waals surface area contributed by atoms with Gasteiger partial charge in [-0.1, -0.05) is 42.5 Å². The Bertz CT molecular complexity index is 795. The first kappa shape index (κ1) is 16.3. The Hall–Kier alpha value is -2.17. The third-order valence-electron chi connectivity index (χ3n) is 4.97. The lowest BCUT2D eigenvalue weighted by molar-refractivity contribution is -0.0280. The molecule has 0 saturated carbocycles. The minimum absolute atomic E-state index is 0.282. The van der Waals surface area contributed by atoms with E-state index >= 15 is 0 Å². The molecule has 1 aliphatic rings. The minimum atomic E-state index is 0.282. The van der Waals surface area contributed by atoms with Crippen molar-refractivity contribution in [3.8, 4) is 0 Å². The van der Waals surface area contributed by atoms with Crippen molar-refractivity contribution in [1.82, 2.24) is 14.7 Å². The van der Waals surface area contributed by atoms with Crippen LogP contribution in [-0.4, -0.2) is 47.0 Å². The highest BCUT2D eigenvalue weighted by Gasteiger charge is 2.21. The van der Waals surface area contributed by atoms with Gasteiger partial charge < -0.3 is 4.74 Å². The van der Waals surface area contributed by atoms with Crippen molar-refractivity contribution >= 4 is 10.8 Å². The molecule has 1 saturated heterocycles. The van der Waals surface area contributed by atoms with Crippen molar-refractivity contribution in [2.24, 2.45) is 0 Å². The largest absolute Gasteiger partial charge is 0.375 e. The molecule has 3 aromatic rings. The molecule has 0 amide bonds. The summed E-state index contributed by atoms with van der Waals surface area (Å²) in [6.45, 7) is 4.97. The van der Waals surface area contributed by atoms with Crippen LogP contribution in [0.4, 0.5) is 0 Å². The molecule has 1 aromatic heterocycles. The summed E-state index contributed by atoms with van der Waals surface area (Å²) in [7, 11) is 0. The SMILES string of the molecule is c1ccc2c(C[C@H]3CN(CCCn4cccn4)CCO3)cccc2c1. The lowest BCUT2D eigenvalue weighted by atomic mass is 9.99. The van der Waals surface area contributed by atoms with E-state index in [0.717, 1.165) is 45.6 Å². The molecular formula is C21H25N3O. The molecule has 1 fully saturated rings. The molecule has 0 aliphatic carbocycles. The highest BCUT2D eigenvalue weighted by molar-refractivity contribution is 5.85. The van der Waals surface area contributed by atoms with E-state index in [1.54, 1.807) is 0 Å². The third kappa shape index (κ3) is 4.09. The van der Waals surface area contributed by atoms with Gasteiger partial charge in [-0.2, -0.15) is 5.10 Å². The number of hydrogen-bond acceptors (Lipinski definition) is 3. The van der Waals surface area contributed by atoms with Crippen LogP contribution in [0.5, 0.6) is 0 Å². The number of rotatable bonds is 6. The van der Waals surface area contributed by atoms with Crippen LogP contribution in [0, 0.1) is 0 Å². The van der Waals surface area contributed by atoms with Crippen molar-refractivity contribution in [1.29, 1.82) is 0 Å². The first-order valence-corrected chi connectivity index (χ1v) is 9.16. The fourth-order valence-electron chi connectivity index (χ4n) is 3.71. The number of aryl methyl sites for hydroxylation is 1. The summed E-state index contributed by atoms with van der Waals surface area (Å²) in [6.07, 6.45) is 6.27. The molecule has 0 bridgehead atoms. The summed E-state index contributed by atoms with van der Waals surface area (Å²) < 4.78 is 8.06. The Morgan fingerprint density at radius 2 is 1.96 bits per heavy atom. The van der Waals surface area contributed by atoms with E-state index in [-0.39, 0.29) is 6.10 Å². The van der Waals surface area contributed by atoms with Crippen molar-refractivity contribution < 1.29 is 4.74 Å². The molecule has 2 heterocycles. The molecule has 4 rings (SSSR count). The highest BCUT2D eigenvalue weighted by atomic mass is 16.5. The number of benzene rings is 2. The van der Waals surface area contributed by atoms with Gasteiger partial charge in [-0.25, -0.2) is 0 Å². The average molecular weight is 335 g/mol. The van der Waals surface area contributed by atoms with Gasteiger partial charge in [0.1, 0.15) is 0 Å². The van der Waals surface area contributed by atoms with E-state index in [4.69, 9.17) is 4.74 Å². The van der Waals surface area contributed by atoms with Crippen LogP contribution in [0.1, 0.15) is 12.0 Å². The average Bonchev–Trinajstić information content (AvgIpc) is 3.16. The number of hydrogen-bond donors (Lipinski definition) is 0. The molecule has 25 heavy (non-hydrogen) atoms. The number of morpholine rings is 1. The molecule has 130 valence electrons. The van der Waals surface area contributed by atoms with Gasteiger partial charge in [-0.15, -0.1) is 0 Å². The maximum Gasteiger partial charge on any atom is 0.0743 e. The minimum Gasteiger partial charge on any atom is -0.375 e. The number of ether oxygens (including phenoxy) is 1. The fraction of sp³-hybridized carbons (Fsp3) is 0.381. The van der Waals surface area contributed by atoms with E-state index in [1.165, 1.54) is 16.3 Å². The normalized spacial score (nSPS) is 18.6. The summed E-state index contributed by atoms with van der Waals surface area (Å²) in [5.41, 5.74) is 1.39. The summed E-state index contributed by atoms with van der Waals surface area (Å²) in [4.78, 5) is 2.53. The third-order valence-corrected chi connectivity index (χ3v) is 4.97. The van der Waals surface area contributed by atoms with Gasteiger partial charge in [0.15, 0.2) is 0 Å². The molecule has 4 nitrogen and oxygen atoms in total. The monoisotopic (exact) mass is 335 g/mol. The quantitative estimate of drug-likeness (QED) is 0.692. The van der Waals surface area contributed by atoms with Crippen molar-refractivity contribution in [2.45, 2.75) is 25.5 Å². The zero-order valence-corrected chi connectivity index (χ0v) is 14.6. The maximum absolute atomic E-state index is 6.05. The van der Waals surface area contributed by atoms with Crippen molar-refractivity contribution in [2.75, 3.05) is 26.2 Å². The van der Waals surface area contributed by atoms with Crippen LogP contribution in [0.15, 0.2) is 60.9 Å². The molecule has 0 unspecified atom stereocenters. The lowest BCUT2D eigenvalue weighted by Gasteiger charge is -2.33. The van der Waals surface area contributed by atoms with Gasteiger partial charge in [-0.05, 0) is 28.8 Å². The van der Waals surface area contributed by atoms with Gasteiger partial charge in [0, 0.05) is 45.0 Å². The van der Waals surface area contributed by atoms with E-state index in [1.807, 2.05) is 23.1 Å². The maximum atomic E-state index is 6.05. The van der Waals surface area contributed by atoms with Crippen LogP contribution in [0.25, 0.3) is 10.8 Å². The highest BCUT2D eigenvalue weighted by Crippen LogP contribution is 2.21. The number of fused-ring (bicyclic) bond motifs is 1. The van der Waals surface area contributed by atoms with Crippen molar-refractivity contribution in [3.63, 3.8) is 0 Å². The predicted octanol–water partition coefficient (Wildman–Crippen LogP) is 3.37. The lowest BCUT2D eigenvalue weighted by Crippen LogP contribution is -2.43. The van der Waals surface area contributed by atoms with E-state index < -0.39 is 0 Å². The summed E-state index contributed by atoms with van der Waals surface area (Å²) >= 11 is 0. The molecule has 0 radical (unpaired) electrons. The molecule has 1 aliphatic heterocycles. The zero-order valence-electron chi connectivity index (χ0n) is 14.6. The van der Waals surface area contributed by atoms with Gasteiger partial charge in [0.2, 0.25) is 0 Å². The number of nitrogens with zero attached hydrogens (tertiary/aromatic N) is 3. The van der Waals surface area contributed by atoms with Crippen LogP contribution in [0.2, 0.25) is 0 Å². The molecule has 0 N–H and O–H groups in total. The second kappa shape index (κ2) is 7.81. The standard InChI is InChI=1S/C21H25N3O/c1-2-9-21-18(6-1)7-3-8-19(21)16-20-17-23(14-15-25-20)11-5-13-24-12-4-10-22-24/h1-4,6-10,12,20H,5,11,13-17H2/t20-/m0/s1. The molecule has 0 spiro atoms. The van der Waals surface area contributed by atoms with Gasteiger partial charge in [-0.3, -0.25) is 9.58 Å². The van der Waals surface area contributed by atoms with Gasteiger partial charge >= 0.3 is 0 Å². The Kier molecular flexibility index (Phi) is 5.09. The van der Waals surface area contributed by atoms with Crippen LogP contribution < -0.4 is 0 Å². The van der Waals surface area contributed by atoms with Gasteiger partial charge in [0.25, 0.3) is 0 Å². The van der Waals surface area contributed by atoms with E-state index in [2.05, 4.69) is 52.5 Å². The van der Waals surface area contributed by atoms with Crippen LogP contribution in [-0.2, 0) is 17.7 Å². The first-order chi connectivity index (χ1) is 12.4. The zero-order chi connectivity index (χ0) is 16.9. The second-order valence-electron chi connectivity index (χ2n) is 6.76. The van der Waals surface area contributed by atoms with Gasteiger partial charge in [0.05, 0.1) is 12.7 Å². The van der Waals surface area contributed by atoms with Crippen LogP contribution in [0.3, 0.4) is 0 Å². The van der Waals surface area contributed by atoms with Crippen LogP contribution >= 0.6 is 0 Å². The Labute approximate surface area is 149 Å². The smallest absolute Gasteiger partial charge is 0.0743 e. The van der Waals surface area contributed by atoms with Crippen molar-refractivity contribution in [3.05, 3.63) is 66.5 Å². The Morgan fingerprint density at radius 3 is 2.88 bits per heavy atom. The summed E-state index contributed by atoms with van der Waals surface area (Å²) in [5.74, 6) is 0. The first-order valence-electron chi connectivity index (χ1n) is 9.16. The summed E-state index contributed by atoms with van der Waals surface area (Å²) in [6, 6.07) is 17.2. The Morgan fingerprint density at radius 1 is 1.04 bits per heavy atom. The molecule has 1 atom stereocenters.